The van der Waals surface area contributed by atoms with Crippen molar-refractivity contribution in [2.45, 2.75) is 6.42 Å². The first kappa shape index (κ1) is 22.8. The monoisotopic (exact) mass is 458 g/mol. The first-order valence-corrected chi connectivity index (χ1v) is 11.9. The number of carbonyl (C=O) groups is 1. The standard InChI is InChI=1S/C23H23ClN2O4S/c1-31(28,29)26(15-14-18-8-4-2-5-9-18)17-23(27)25-21-16-19(24)12-13-22(21)30-20-10-6-3-7-11-20/h2-13,16H,14-15,17H2,1H3,(H,25,27). The van der Waals surface area contributed by atoms with Crippen molar-refractivity contribution in [2.75, 3.05) is 24.7 Å². The van der Waals surface area contributed by atoms with Crippen molar-refractivity contribution >= 4 is 33.2 Å². The van der Waals surface area contributed by atoms with Crippen LogP contribution in [-0.2, 0) is 21.2 Å². The van der Waals surface area contributed by atoms with Crippen LogP contribution >= 0.6 is 11.6 Å². The number of ether oxygens (including phenoxy) is 1. The molecule has 0 saturated heterocycles. The van der Waals surface area contributed by atoms with Crippen LogP contribution in [0.25, 0.3) is 0 Å². The Labute approximate surface area is 187 Å². The minimum Gasteiger partial charge on any atom is -0.455 e. The average Bonchev–Trinajstić information content (AvgIpc) is 2.74. The van der Waals surface area contributed by atoms with Gasteiger partial charge in [-0.15, -0.1) is 0 Å². The maximum absolute atomic E-state index is 12.7. The zero-order valence-electron chi connectivity index (χ0n) is 17.0. The Balaban J connectivity index is 1.71. The van der Waals surface area contributed by atoms with E-state index in [4.69, 9.17) is 16.3 Å². The fourth-order valence-electron chi connectivity index (χ4n) is 2.91. The molecule has 8 heteroatoms. The Morgan fingerprint density at radius 1 is 1.00 bits per heavy atom. The number of nitrogens with one attached hydrogen (secondary N) is 1. The van der Waals surface area contributed by atoms with Gasteiger partial charge >= 0.3 is 0 Å². The van der Waals surface area contributed by atoms with Gasteiger partial charge in [-0.05, 0) is 42.3 Å². The summed E-state index contributed by atoms with van der Waals surface area (Å²) < 4.78 is 31.4. The Hall–Kier alpha value is -2.87. The number of hydrogen-bond acceptors (Lipinski definition) is 4. The smallest absolute Gasteiger partial charge is 0.239 e. The largest absolute Gasteiger partial charge is 0.455 e. The van der Waals surface area contributed by atoms with Crippen molar-refractivity contribution in [3.63, 3.8) is 0 Å². The van der Waals surface area contributed by atoms with E-state index in [2.05, 4.69) is 5.32 Å². The zero-order valence-corrected chi connectivity index (χ0v) is 18.6. The highest BCUT2D eigenvalue weighted by Gasteiger charge is 2.21. The summed E-state index contributed by atoms with van der Waals surface area (Å²) in [6, 6.07) is 23.5. The molecule has 0 aliphatic heterocycles. The van der Waals surface area contributed by atoms with Crippen LogP contribution in [0.1, 0.15) is 5.56 Å². The SMILES string of the molecule is CS(=O)(=O)N(CCc1ccccc1)CC(=O)Nc1cc(Cl)ccc1Oc1ccccc1. The number of hydrogen-bond donors (Lipinski definition) is 1. The lowest BCUT2D eigenvalue weighted by molar-refractivity contribution is -0.116. The van der Waals surface area contributed by atoms with Crippen molar-refractivity contribution in [1.82, 2.24) is 4.31 Å². The van der Waals surface area contributed by atoms with Crippen LogP contribution < -0.4 is 10.1 Å². The number of benzene rings is 3. The van der Waals surface area contributed by atoms with E-state index in [0.717, 1.165) is 16.1 Å². The lowest BCUT2D eigenvalue weighted by Crippen LogP contribution is -2.38. The van der Waals surface area contributed by atoms with Crippen LogP contribution in [0.5, 0.6) is 11.5 Å². The van der Waals surface area contributed by atoms with Crippen molar-refractivity contribution in [1.29, 1.82) is 0 Å². The highest BCUT2D eigenvalue weighted by atomic mass is 35.5. The van der Waals surface area contributed by atoms with Crippen molar-refractivity contribution < 1.29 is 17.9 Å². The van der Waals surface area contributed by atoms with E-state index in [1.165, 1.54) is 0 Å². The molecule has 0 aliphatic rings. The van der Waals surface area contributed by atoms with Crippen LogP contribution in [-0.4, -0.2) is 38.0 Å². The number of carbonyl (C=O) groups excluding carboxylic acids is 1. The van der Waals surface area contributed by atoms with Gasteiger partial charge in [0.05, 0.1) is 18.5 Å². The molecule has 0 aromatic heterocycles. The van der Waals surface area contributed by atoms with E-state index >= 15 is 0 Å². The summed E-state index contributed by atoms with van der Waals surface area (Å²) in [6.45, 7) is -0.123. The van der Waals surface area contributed by atoms with Gasteiger partial charge in [0.1, 0.15) is 5.75 Å². The van der Waals surface area contributed by atoms with E-state index < -0.39 is 15.9 Å². The molecule has 0 aliphatic carbocycles. The van der Waals surface area contributed by atoms with E-state index in [-0.39, 0.29) is 13.1 Å². The van der Waals surface area contributed by atoms with Gasteiger partial charge < -0.3 is 10.1 Å². The molecule has 0 radical (unpaired) electrons. The molecule has 0 bridgehead atoms. The second kappa shape index (κ2) is 10.4. The van der Waals surface area contributed by atoms with Gasteiger partial charge in [0.15, 0.2) is 5.75 Å². The Morgan fingerprint density at radius 3 is 2.29 bits per heavy atom. The molecule has 1 N–H and O–H groups in total. The van der Waals surface area contributed by atoms with Gasteiger partial charge in [-0.25, -0.2) is 8.42 Å². The summed E-state index contributed by atoms with van der Waals surface area (Å²) in [6.07, 6.45) is 1.59. The number of sulfonamides is 1. The van der Waals surface area contributed by atoms with E-state index in [0.29, 0.717) is 28.6 Å². The van der Waals surface area contributed by atoms with E-state index in [9.17, 15) is 13.2 Å². The molecule has 3 rings (SSSR count). The predicted octanol–water partition coefficient (Wildman–Crippen LogP) is 4.58. The van der Waals surface area contributed by atoms with Crippen LogP contribution in [0, 0.1) is 0 Å². The number of para-hydroxylation sites is 1. The Morgan fingerprint density at radius 2 is 1.65 bits per heavy atom. The minimum atomic E-state index is -3.57. The summed E-state index contributed by atoms with van der Waals surface area (Å²) in [7, 11) is -3.57. The van der Waals surface area contributed by atoms with E-state index in [1.54, 1.807) is 30.3 Å². The molecular formula is C23H23ClN2O4S. The van der Waals surface area contributed by atoms with Crippen LogP contribution in [0.15, 0.2) is 78.9 Å². The third-order valence-corrected chi connectivity index (χ3v) is 5.95. The lowest BCUT2D eigenvalue weighted by Gasteiger charge is -2.20. The number of halogens is 1. The highest BCUT2D eigenvalue weighted by Crippen LogP contribution is 2.32. The van der Waals surface area contributed by atoms with Crippen molar-refractivity contribution in [2.24, 2.45) is 0 Å². The normalized spacial score (nSPS) is 11.3. The molecule has 0 atom stereocenters. The zero-order chi connectivity index (χ0) is 22.3. The maximum atomic E-state index is 12.7. The Bertz CT molecular complexity index is 1120. The van der Waals surface area contributed by atoms with Crippen LogP contribution in [0.4, 0.5) is 5.69 Å². The molecule has 0 spiro atoms. The molecule has 162 valence electrons. The van der Waals surface area contributed by atoms with Gasteiger partial charge in [0.2, 0.25) is 15.9 Å². The van der Waals surface area contributed by atoms with Crippen molar-refractivity contribution in [3.8, 4) is 11.5 Å². The van der Waals surface area contributed by atoms with Gasteiger partial charge in [0.25, 0.3) is 0 Å². The fraction of sp³-hybridized carbons (Fsp3) is 0.174. The van der Waals surface area contributed by atoms with Crippen LogP contribution in [0.3, 0.4) is 0 Å². The molecule has 0 fully saturated rings. The molecule has 1 amide bonds. The quantitative estimate of drug-likeness (QED) is 0.509. The molecule has 0 saturated carbocycles. The fourth-order valence-corrected chi connectivity index (χ4v) is 3.86. The first-order valence-electron chi connectivity index (χ1n) is 9.62. The molecular weight excluding hydrogens is 436 g/mol. The van der Waals surface area contributed by atoms with Crippen molar-refractivity contribution in [3.05, 3.63) is 89.4 Å². The maximum Gasteiger partial charge on any atom is 0.239 e. The summed E-state index contributed by atoms with van der Waals surface area (Å²) in [5.41, 5.74) is 1.35. The Kier molecular flexibility index (Phi) is 7.68. The van der Waals surface area contributed by atoms with Gasteiger partial charge in [-0.2, -0.15) is 4.31 Å². The second-order valence-electron chi connectivity index (χ2n) is 6.94. The number of nitrogens with zero attached hydrogens (tertiary/aromatic N) is 1. The number of rotatable bonds is 9. The second-order valence-corrected chi connectivity index (χ2v) is 9.35. The average molecular weight is 459 g/mol. The number of amides is 1. The summed E-state index contributed by atoms with van der Waals surface area (Å²) >= 11 is 6.09. The first-order chi connectivity index (χ1) is 14.8. The molecule has 3 aromatic carbocycles. The predicted molar refractivity (Wildman–Crippen MR) is 123 cm³/mol. The van der Waals surface area contributed by atoms with Gasteiger partial charge in [-0.1, -0.05) is 60.1 Å². The topological polar surface area (TPSA) is 75.7 Å². The molecule has 3 aromatic rings. The highest BCUT2D eigenvalue weighted by molar-refractivity contribution is 7.88. The summed E-state index contributed by atoms with van der Waals surface area (Å²) in [4.78, 5) is 12.7. The third kappa shape index (κ3) is 7.10. The molecule has 31 heavy (non-hydrogen) atoms. The summed E-state index contributed by atoms with van der Waals surface area (Å²) in [5, 5.41) is 3.13. The molecule has 0 unspecified atom stereocenters. The van der Waals surface area contributed by atoms with Crippen LogP contribution in [0.2, 0.25) is 5.02 Å². The lowest BCUT2D eigenvalue weighted by atomic mass is 10.1. The minimum absolute atomic E-state index is 0.194. The number of anilines is 1. The molecule has 0 heterocycles. The van der Waals surface area contributed by atoms with Gasteiger partial charge in [-0.3, -0.25) is 4.79 Å². The van der Waals surface area contributed by atoms with Gasteiger partial charge in [0, 0.05) is 11.6 Å². The van der Waals surface area contributed by atoms with E-state index in [1.807, 2.05) is 48.5 Å². The molecule has 6 nitrogen and oxygen atoms in total. The third-order valence-electron chi connectivity index (χ3n) is 4.47. The summed E-state index contributed by atoms with van der Waals surface area (Å²) in [5.74, 6) is 0.513.